The molecule has 3 rings (SSSR count). The number of aromatic carboxylic acids is 1. The summed E-state index contributed by atoms with van der Waals surface area (Å²) in [5.41, 5.74) is 0.144. The molecule has 1 aliphatic heterocycles. The number of nitrogens with one attached hydrogen (secondary N) is 1. The summed E-state index contributed by atoms with van der Waals surface area (Å²) in [5.74, 6) is 0.414. The van der Waals surface area contributed by atoms with Gasteiger partial charge in [-0.15, -0.1) is 0 Å². The second-order valence-electron chi connectivity index (χ2n) is 4.30. The standard InChI is InChI=1S/C10H13N3O2/c14-9(15)7-5-13-8-3-1-2-6(8)4-11-10(13)12-7/h5-6,8H,1-4H2,(H,11,12)(H,14,15). The number of rotatable bonds is 1. The molecule has 2 unspecified atom stereocenters. The Morgan fingerprint density at radius 3 is 3.27 bits per heavy atom. The van der Waals surface area contributed by atoms with Crippen molar-refractivity contribution >= 4 is 11.9 Å². The van der Waals surface area contributed by atoms with Crippen LogP contribution in [0.5, 0.6) is 0 Å². The van der Waals surface area contributed by atoms with Gasteiger partial charge >= 0.3 is 5.97 Å². The molecule has 0 amide bonds. The van der Waals surface area contributed by atoms with Crippen molar-refractivity contribution in [1.82, 2.24) is 9.55 Å². The molecule has 1 aromatic heterocycles. The third kappa shape index (κ3) is 1.22. The van der Waals surface area contributed by atoms with Crippen LogP contribution >= 0.6 is 0 Å². The zero-order chi connectivity index (χ0) is 10.4. The maximum Gasteiger partial charge on any atom is 0.356 e. The number of anilines is 1. The van der Waals surface area contributed by atoms with E-state index in [0.29, 0.717) is 12.0 Å². The molecule has 5 nitrogen and oxygen atoms in total. The van der Waals surface area contributed by atoms with E-state index in [1.807, 2.05) is 4.57 Å². The smallest absolute Gasteiger partial charge is 0.356 e. The maximum atomic E-state index is 10.8. The quantitative estimate of drug-likeness (QED) is 0.729. The molecule has 1 fully saturated rings. The van der Waals surface area contributed by atoms with E-state index in [1.54, 1.807) is 6.20 Å². The molecule has 2 N–H and O–H groups in total. The van der Waals surface area contributed by atoms with Crippen molar-refractivity contribution in [3.8, 4) is 0 Å². The van der Waals surface area contributed by atoms with Gasteiger partial charge in [0, 0.05) is 18.8 Å². The fourth-order valence-corrected chi connectivity index (χ4v) is 2.72. The van der Waals surface area contributed by atoms with E-state index >= 15 is 0 Å². The zero-order valence-corrected chi connectivity index (χ0v) is 8.31. The SMILES string of the molecule is O=C(O)c1cn2c(n1)NCC1CCCC12. The average molecular weight is 207 g/mol. The van der Waals surface area contributed by atoms with Crippen molar-refractivity contribution in [1.29, 1.82) is 0 Å². The van der Waals surface area contributed by atoms with Crippen LogP contribution in [-0.4, -0.2) is 27.2 Å². The van der Waals surface area contributed by atoms with E-state index < -0.39 is 5.97 Å². The number of nitrogens with zero attached hydrogens (tertiary/aromatic N) is 2. The Hall–Kier alpha value is -1.52. The number of carbonyl (C=O) groups is 1. The summed E-state index contributed by atoms with van der Waals surface area (Å²) in [6, 6.07) is 0.460. The van der Waals surface area contributed by atoms with Crippen molar-refractivity contribution in [2.75, 3.05) is 11.9 Å². The van der Waals surface area contributed by atoms with E-state index in [2.05, 4.69) is 10.3 Å². The van der Waals surface area contributed by atoms with Gasteiger partial charge in [0.15, 0.2) is 5.69 Å². The van der Waals surface area contributed by atoms with Crippen LogP contribution < -0.4 is 5.32 Å². The van der Waals surface area contributed by atoms with E-state index in [-0.39, 0.29) is 5.69 Å². The summed E-state index contributed by atoms with van der Waals surface area (Å²) in [6.45, 7) is 0.931. The van der Waals surface area contributed by atoms with E-state index in [1.165, 1.54) is 12.8 Å². The number of hydrogen-bond acceptors (Lipinski definition) is 3. The molecule has 0 bridgehead atoms. The van der Waals surface area contributed by atoms with Crippen LogP contribution in [0.15, 0.2) is 6.20 Å². The largest absolute Gasteiger partial charge is 0.476 e. The summed E-state index contributed by atoms with van der Waals surface area (Å²) < 4.78 is 2.00. The Bertz CT molecular complexity index is 413. The Morgan fingerprint density at radius 1 is 1.60 bits per heavy atom. The molecule has 0 aromatic carbocycles. The van der Waals surface area contributed by atoms with Crippen molar-refractivity contribution in [3.63, 3.8) is 0 Å². The first kappa shape index (κ1) is 8.76. The minimum absolute atomic E-state index is 0.144. The lowest BCUT2D eigenvalue weighted by Crippen LogP contribution is -2.28. The van der Waals surface area contributed by atoms with Crippen molar-refractivity contribution in [3.05, 3.63) is 11.9 Å². The highest BCUT2D eigenvalue weighted by atomic mass is 16.4. The number of carboxylic acids is 1. The molecule has 1 saturated carbocycles. The Kier molecular flexibility index (Phi) is 1.74. The average Bonchev–Trinajstić information content (AvgIpc) is 2.82. The summed E-state index contributed by atoms with van der Waals surface area (Å²) in [4.78, 5) is 14.9. The Labute approximate surface area is 87.1 Å². The maximum absolute atomic E-state index is 10.8. The van der Waals surface area contributed by atoms with Crippen LogP contribution in [-0.2, 0) is 0 Å². The highest BCUT2D eigenvalue weighted by Gasteiger charge is 2.34. The van der Waals surface area contributed by atoms with Gasteiger partial charge in [0.2, 0.25) is 5.95 Å². The first-order valence-electron chi connectivity index (χ1n) is 5.32. The molecule has 0 radical (unpaired) electrons. The van der Waals surface area contributed by atoms with Crippen LogP contribution in [0.25, 0.3) is 0 Å². The lowest BCUT2D eigenvalue weighted by atomic mass is 10.0. The van der Waals surface area contributed by atoms with E-state index in [0.717, 1.165) is 18.9 Å². The predicted molar refractivity (Wildman–Crippen MR) is 54.1 cm³/mol. The molecule has 1 aliphatic carbocycles. The fraction of sp³-hybridized carbons (Fsp3) is 0.600. The topological polar surface area (TPSA) is 67.1 Å². The lowest BCUT2D eigenvalue weighted by Gasteiger charge is -2.28. The van der Waals surface area contributed by atoms with Gasteiger partial charge in [-0.1, -0.05) is 6.42 Å². The van der Waals surface area contributed by atoms with Gasteiger partial charge in [-0.3, -0.25) is 0 Å². The molecule has 2 aliphatic rings. The third-order valence-electron chi connectivity index (χ3n) is 3.45. The second-order valence-corrected chi connectivity index (χ2v) is 4.30. The van der Waals surface area contributed by atoms with Crippen LogP contribution in [0.4, 0.5) is 5.95 Å². The minimum atomic E-state index is -0.951. The number of aromatic nitrogens is 2. The van der Waals surface area contributed by atoms with Gasteiger partial charge in [-0.2, -0.15) is 0 Å². The minimum Gasteiger partial charge on any atom is -0.476 e. The van der Waals surface area contributed by atoms with Crippen LogP contribution in [0, 0.1) is 5.92 Å². The van der Waals surface area contributed by atoms with Crippen molar-refractivity contribution < 1.29 is 9.90 Å². The molecule has 1 aromatic rings. The van der Waals surface area contributed by atoms with Gasteiger partial charge in [0.25, 0.3) is 0 Å². The zero-order valence-electron chi connectivity index (χ0n) is 8.31. The van der Waals surface area contributed by atoms with Crippen molar-refractivity contribution in [2.24, 2.45) is 5.92 Å². The summed E-state index contributed by atoms with van der Waals surface area (Å²) >= 11 is 0. The van der Waals surface area contributed by atoms with Crippen molar-refractivity contribution in [2.45, 2.75) is 25.3 Å². The number of hydrogen-bond donors (Lipinski definition) is 2. The highest BCUT2D eigenvalue weighted by molar-refractivity contribution is 5.85. The van der Waals surface area contributed by atoms with Crippen LogP contribution in [0.3, 0.4) is 0 Å². The third-order valence-corrected chi connectivity index (χ3v) is 3.45. The number of carboxylic acid groups (broad SMARTS) is 1. The molecular weight excluding hydrogens is 194 g/mol. The summed E-state index contributed by atoms with van der Waals surface area (Å²) in [6.07, 6.45) is 5.27. The van der Waals surface area contributed by atoms with Crippen LogP contribution in [0.2, 0.25) is 0 Å². The monoisotopic (exact) mass is 207 g/mol. The molecule has 0 spiro atoms. The first-order valence-corrected chi connectivity index (χ1v) is 5.32. The molecule has 80 valence electrons. The van der Waals surface area contributed by atoms with Gasteiger partial charge in [0.05, 0.1) is 0 Å². The molecule has 2 atom stereocenters. The second kappa shape index (κ2) is 2.98. The molecular formula is C10H13N3O2. The van der Waals surface area contributed by atoms with Gasteiger partial charge in [0.1, 0.15) is 0 Å². The summed E-state index contributed by atoms with van der Waals surface area (Å²) in [5, 5.41) is 12.1. The van der Waals surface area contributed by atoms with Gasteiger partial charge in [-0.25, -0.2) is 9.78 Å². The lowest BCUT2D eigenvalue weighted by molar-refractivity contribution is 0.0691. The molecule has 2 heterocycles. The molecule has 5 heteroatoms. The van der Waals surface area contributed by atoms with Crippen LogP contribution in [0.1, 0.15) is 35.8 Å². The van der Waals surface area contributed by atoms with E-state index in [4.69, 9.17) is 5.11 Å². The normalized spacial score (nSPS) is 28.0. The first-order chi connectivity index (χ1) is 7.25. The summed E-state index contributed by atoms with van der Waals surface area (Å²) in [7, 11) is 0. The fourth-order valence-electron chi connectivity index (χ4n) is 2.72. The van der Waals surface area contributed by atoms with E-state index in [9.17, 15) is 4.79 Å². The molecule has 15 heavy (non-hydrogen) atoms. The molecule has 0 saturated heterocycles. The number of fused-ring (bicyclic) bond motifs is 3. The highest BCUT2D eigenvalue weighted by Crippen LogP contribution is 2.40. The predicted octanol–water partition coefficient (Wildman–Crippen LogP) is 1.35. The Morgan fingerprint density at radius 2 is 2.47 bits per heavy atom. The Balaban J connectivity index is 2.02. The van der Waals surface area contributed by atoms with Gasteiger partial charge < -0.3 is 15.0 Å². The number of imidazole rings is 1. The van der Waals surface area contributed by atoms with Gasteiger partial charge in [-0.05, 0) is 18.8 Å².